The first-order valence-electron chi connectivity index (χ1n) is 9.39. The van der Waals surface area contributed by atoms with Crippen LogP contribution in [0.25, 0.3) is 0 Å². The number of para-hydroxylation sites is 1. The number of esters is 1. The first kappa shape index (κ1) is 23.4. The maximum Gasteiger partial charge on any atom is 0.325 e. The molecule has 0 aromatic heterocycles. The summed E-state index contributed by atoms with van der Waals surface area (Å²) in [6.07, 6.45) is 0. The molecule has 2 rings (SSSR count). The molecule has 0 N–H and O–H groups in total. The van der Waals surface area contributed by atoms with Gasteiger partial charge in [0.2, 0.25) is 0 Å². The summed E-state index contributed by atoms with van der Waals surface area (Å²) < 4.78 is 36.8. The highest BCUT2D eigenvalue weighted by Crippen LogP contribution is 2.22. The highest BCUT2D eigenvalue weighted by atomic mass is 32.2. The zero-order valence-electron chi connectivity index (χ0n) is 17.3. The second-order valence-corrected chi connectivity index (χ2v) is 8.33. The van der Waals surface area contributed by atoms with Crippen molar-refractivity contribution in [3.05, 3.63) is 60.2 Å². The summed E-state index contributed by atoms with van der Waals surface area (Å²) in [7, 11) is -0.817. The van der Waals surface area contributed by atoms with E-state index in [4.69, 9.17) is 9.47 Å². The Labute approximate surface area is 177 Å². The van der Waals surface area contributed by atoms with Crippen LogP contribution in [0.15, 0.2) is 59.5 Å². The van der Waals surface area contributed by atoms with Gasteiger partial charge in [0, 0.05) is 26.3 Å². The molecule has 0 aliphatic rings. The number of carbonyl (C=O) groups excluding carboxylic acids is 2. The van der Waals surface area contributed by atoms with Crippen molar-refractivity contribution >= 4 is 27.6 Å². The molecule has 0 aliphatic carbocycles. The Morgan fingerprint density at radius 2 is 1.63 bits per heavy atom. The Morgan fingerprint density at radius 3 is 2.20 bits per heavy atom. The van der Waals surface area contributed by atoms with E-state index in [0.29, 0.717) is 5.69 Å². The number of anilines is 1. The normalized spacial score (nSPS) is 11.0. The third-order valence-corrected chi connectivity index (χ3v) is 6.16. The van der Waals surface area contributed by atoms with Crippen LogP contribution in [0.3, 0.4) is 0 Å². The van der Waals surface area contributed by atoms with Crippen LogP contribution in [-0.2, 0) is 24.3 Å². The number of benzene rings is 2. The lowest BCUT2D eigenvalue weighted by Gasteiger charge is -2.22. The van der Waals surface area contributed by atoms with E-state index in [1.807, 2.05) is 0 Å². The molecule has 2 aromatic rings. The highest BCUT2D eigenvalue weighted by molar-refractivity contribution is 7.92. The third-order valence-electron chi connectivity index (χ3n) is 4.36. The molecule has 30 heavy (non-hydrogen) atoms. The second kappa shape index (κ2) is 10.7. The van der Waals surface area contributed by atoms with Gasteiger partial charge >= 0.3 is 5.97 Å². The van der Waals surface area contributed by atoms with Gasteiger partial charge in [-0.15, -0.1) is 0 Å². The molecule has 0 radical (unpaired) electrons. The fraction of sp³-hybridized carbons (Fsp3) is 0.333. The molecule has 2 aromatic carbocycles. The monoisotopic (exact) mass is 434 g/mol. The van der Waals surface area contributed by atoms with Crippen molar-refractivity contribution in [1.82, 2.24) is 4.90 Å². The first-order valence-corrected chi connectivity index (χ1v) is 10.8. The number of amides is 1. The zero-order valence-corrected chi connectivity index (χ0v) is 18.1. The summed E-state index contributed by atoms with van der Waals surface area (Å²) in [5.41, 5.74) is 0.787. The van der Waals surface area contributed by atoms with Crippen molar-refractivity contribution in [3.63, 3.8) is 0 Å². The lowest BCUT2D eigenvalue weighted by molar-refractivity contribution is -0.143. The lowest BCUT2D eigenvalue weighted by Crippen LogP contribution is -2.38. The van der Waals surface area contributed by atoms with Crippen molar-refractivity contribution in [3.8, 4) is 0 Å². The van der Waals surface area contributed by atoms with Crippen LogP contribution >= 0.6 is 0 Å². The third kappa shape index (κ3) is 5.80. The van der Waals surface area contributed by atoms with Crippen molar-refractivity contribution in [2.75, 3.05) is 44.8 Å². The Kier molecular flexibility index (Phi) is 8.37. The number of ether oxygens (including phenoxy) is 2. The Morgan fingerprint density at radius 1 is 1.00 bits per heavy atom. The first-order chi connectivity index (χ1) is 14.3. The van der Waals surface area contributed by atoms with E-state index in [1.54, 1.807) is 37.3 Å². The molecule has 9 heteroatoms. The standard InChI is InChI=1S/C21H26N2O6S/c1-4-29-20(24)16-23(14-15-28-3)21(25)17-10-12-19(13-11-17)30(26,27)22(2)18-8-6-5-7-9-18/h5-13H,4,14-16H2,1-3H3. The van der Waals surface area contributed by atoms with E-state index in [-0.39, 0.29) is 36.8 Å². The molecule has 0 heterocycles. The second-order valence-electron chi connectivity index (χ2n) is 6.36. The number of methoxy groups -OCH3 is 1. The molecule has 0 bridgehead atoms. The van der Waals surface area contributed by atoms with Crippen LogP contribution in [-0.4, -0.2) is 65.7 Å². The van der Waals surface area contributed by atoms with Gasteiger partial charge < -0.3 is 14.4 Å². The van der Waals surface area contributed by atoms with Crippen LogP contribution in [0.1, 0.15) is 17.3 Å². The van der Waals surface area contributed by atoms with Crippen LogP contribution in [0.5, 0.6) is 0 Å². The molecule has 0 aliphatic heterocycles. The summed E-state index contributed by atoms with van der Waals surface area (Å²) in [5, 5.41) is 0. The summed E-state index contributed by atoms with van der Waals surface area (Å²) in [5.74, 6) is -0.939. The largest absolute Gasteiger partial charge is 0.465 e. The van der Waals surface area contributed by atoms with Gasteiger partial charge in [0.15, 0.2) is 0 Å². The van der Waals surface area contributed by atoms with Gasteiger partial charge in [0.25, 0.3) is 15.9 Å². The summed E-state index contributed by atoms with van der Waals surface area (Å²) >= 11 is 0. The molecule has 0 atom stereocenters. The van der Waals surface area contributed by atoms with Crippen molar-refractivity contribution in [1.29, 1.82) is 0 Å². The van der Waals surface area contributed by atoms with Crippen LogP contribution < -0.4 is 4.31 Å². The summed E-state index contributed by atoms with van der Waals surface area (Å²) in [4.78, 5) is 26.0. The molecule has 0 fully saturated rings. The van der Waals surface area contributed by atoms with Crippen molar-refractivity contribution in [2.24, 2.45) is 0 Å². The SMILES string of the molecule is CCOC(=O)CN(CCOC)C(=O)c1ccc(S(=O)(=O)N(C)c2ccccc2)cc1. The molecule has 0 unspecified atom stereocenters. The fourth-order valence-corrected chi connectivity index (χ4v) is 3.90. The maximum absolute atomic E-state index is 12.9. The number of hydrogen-bond acceptors (Lipinski definition) is 6. The topological polar surface area (TPSA) is 93.2 Å². The predicted octanol–water partition coefficient (Wildman–Crippen LogP) is 2.16. The van der Waals surface area contributed by atoms with Crippen LogP contribution in [0, 0.1) is 0 Å². The van der Waals surface area contributed by atoms with Crippen LogP contribution in [0.2, 0.25) is 0 Å². The van der Waals surface area contributed by atoms with E-state index in [9.17, 15) is 18.0 Å². The van der Waals surface area contributed by atoms with Gasteiger partial charge in [-0.3, -0.25) is 13.9 Å². The van der Waals surface area contributed by atoms with Gasteiger partial charge in [-0.2, -0.15) is 0 Å². The number of hydrogen-bond donors (Lipinski definition) is 0. The average molecular weight is 435 g/mol. The van der Waals surface area contributed by atoms with Gasteiger partial charge in [-0.05, 0) is 43.3 Å². The molecular formula is C21H26N2O6S. The number of sulfonamides is 1. The molecule has 162 valence electrons. The number of nitrogens with zero attached hydrogens (tertiary/aromatic N) is 2. The maximum atomic E-state index is 12.9. The van der Waals surface area contributed by atoms with Gasteiger partial charge in [0.1, 0.15) is 6.54 Å². The molecule has 0 spiro atoms. The zero-order chi connectivity index (χ0) is 22.1. The highest BCUT2D eigenvalue weighted by Gasteiger charge is 2.23. The van der Waals surface area contributed by atoms with Crippen LogP contribution in [0.4, 0.5) is 5.69 Å². The minimum atomic E-state index is -3.78. The molecule has 0 saturated carbocycles. The van der Waals surface area contributed by atoms with Gasteiger partial charge in [0.05, 0.1) is 23.8 Å². The van der Waals surface area contributed by atoms with E-state index >= 15 is 0 Å². The van der Waals surface area contributed by atoms with E-state index < -0.39 is 21.9 Å². The predicted molar refractivity (Wildman–Crippen MR) is 113 cm³/mol. The van der Waals surface area contributed by atoms with E-state index in [2.05, 4.69) is 0 Å². The Bertz CT molecular complexity index is 945. The van der Waals surface area contributed by atoms with E-state index in [0.717, 1.165) is 0 Å². The summed E-state index contributed by atoms with van der Waals surface area (Å²) in [6.45, 7) is 2.13. The average Bonchev–Trinajstić information content (AvgIpc) is 2.76. The molecule has 8 nitrogen and oxygen atoms in total. The smallest absolute Gasteiger partial charge is 0.325 e. The van der Waals surface area contributed by atoms with E-state index in [1.165, 1.54) is 47.6 Å². The lowest BCUT2D eigenvalue weighted by atomic mass is 10.2. The Balaban J connectivity index is 2.21. The minimum absolute atomic E-state index is 0.0548. The fourth-order valence-electron chi connectivity index (χ4n) is 2.70. The van der Waals surface area contributed by atoms with Gasteiger partial charge in [-0.25, -0.2) is 8.42 Å². The molecule has 0 saturated heterocycles. The molecule has 1 amide bonds. The molecular weight excluding hydrogens is 408 g/mol. The summed E-state index contributed by atoms with van der Waals surface area (Å²) in [6, 6.07) is 14.3. The number of carbonyl (C=O) groups is 2. The Hall–Kier alpha value is -2.91. The number of rotatable bonds is 10. The van der Waals surface area contributed by atoms with Gasteiger partial charge in [-0.1, -0.05) is 18.2 Å². The van der Waals surface area contributed by atoms with Crippen molar-refractivity contribution in [2.45, 2.75) is 11.8 Å². The quantitative estimate of drug-likeness (QED) is 0.532. The van der Waals surface area contributed by atoms with Crippen molar-refractivity contribution < 1.29 is 27.5 Å². The minimum Gasteiger partial charge on any atom is -0.465 e.